The molecule has 1 unspecified atom stereocenters. The second-order valence-electron chi connectivity index (χ2n) is 2.67. The van der Waals surface area contributed by atoms with Crippen LogP contribution in [0, 0.1) is 0 Å². The van der Waals surface area contributed by atoms with Gasteiger partial charge < -0.3 is 5.11 Å². The largest absolute Gasteiger partial charge is 0.392 e. The van der Waals surface area contributed by atoms with Gasteiger partial charge in [-0.15, -0.1) is 0 Å². The molecular weight excluding hydrogens is 182 g/mol. The molecule has 6 heteroatoms. The van der Waals surface area contributed by atoms with Gasteiger partial charge in [-0.05, 0) is 13.3 Å². The normalized spacial score (nSPS) is 17.3. The molecule has 0 bridgehead atoms. The van der Waals surface area contributed by atoms with Gasteiger partial charge in [0.25, 0.3) is 10.1 Å². The Bertz CT molecular complexity index is 212. The summed E-state index contributed by atoms with van der Waals surface area (Å²) < 4.78 is 29.8. The van der Waals surface area contributed by atoms with E-state index in [0.29, 0.717) is 0 Å². The molecule has 0 heterocycles. The third-order valence-corrected chi connectivity index (χ3v) is 2.59. The molecule has 0 amide bonds. The Balaban J connectivity index is 4.03. The van der Waals surface area contributed by atoms with Crippen molar-refractivity contribution in [3.8, 4) is 0 Å². The van der Waals surface area contributed by atoms with E-state index >= 15 is 0 Å². The fourth-order valence-electron chi connectivity index (χ4n) is 0.762. The van der Waals surface area contributed by atoms with E-state index in [0.717, 1.165) is 0 Å². The highest BCUT2D eigenvalue weighted by Crippen LogP contribution is 1.99. The summed E-state index contributed by atoms with van der Waals surface area (Å²) >= 11 is 0. The number of rotatable bonds is 5. The lowest BCUT2D eigenvalue weighted by Gasteiger charge is -2.14. The van der Waals surface area contributed by atoms with Crippen LogP contribution in [0.15, 0.2) is 0 Å². The van der Waals surface area contributed by atoms with Crippen molar-refractivity contribution in [1.29, 1.82) is 0 Å². The quantitative estimate of drug-likeness (QED) is 0.521. The van der Waals surface area contributed by atoms with Crippen molar-refractivity contribution in [1.82, 2.24) is 5.32 Å². The molecule has 0 radical (unpaired) electrons. The highest BCUT2D eigenvalue weighted by molar-refractivity contribution is 7.86. The number of aliphatic hydroxyl groups excluding tert-OH is 1. The van der Waals surface area contributed by atoms with Gasteiger partial charge in [-0.3, -0.25) is 9.87 Å². The number of hydrogen-bond donors (Lipinski definition) is 3. The lowest BCUT2D eigenvalue weighted by molar-refractivity contribution is 0.189. The zero-order chi connectivity index (χ0) is 9.78. The summed E-state index contributed by atoms with van der Waals surface area (Å²) in [6, 6.07) is 0. The molecule has 0 fully saturated rings. The summed E-state index contributed by atoms with van der Waals surface area (Å²) in [7, 11) is -4.03. The SMILES string of the molecule is CCC(NC[C@@H](C)O)S(=O)(=O)O. The Hall–Kier alpha value is -0.170. The van der Waals surface area contributed by atoms with Crippen LogP contribution in [0.25, 0.3) is 0 Å². The molecule has 0 aliphatic heterocycles. The Morgan fingerprint density at radius 1 is 1.50 bits per heavy atom. The van der Waals surface area contributed by atoms with E-state index in [9.17, 15) is 8.42 Å². The Labute approximate surface area is 72.5 Å². The molecule has 0 aromatic rings. The summed E-state index contributed by atoms with van der Waals surface area (Å²) in [5.74, 6) is 0. The van der Waals surface area contributed by atoms with Crippen LogP contribution in [0.4, 0.5) is 0 Å². The lowest BCUT2D eigenvalue weighted by Crippen LogP contribution is -2.39. The van der Waals surface area contributed by atoms with Gasteiger partial charge in [0, 0.05) is 6.54 Å². The molecule has 2 atom stereocenters. The number of aliphatic hydroxyl groups is 1. The minimum Gasteiger partial charge on any atom is -0.392 e. The summed E-state index contributed by atoms with van der Waals surface area (Å²) in [5, 5.41) is 10.4. The molecule has 0 aromatic heterocycles. The van der Waals surface area contributed by atoms with Gasteiger partial charge in [0.2, 0.25) is 0 Å². The van der Waals surface area contributed by atoms with Crippen molar-refractivity contribution in [2.24, 2.45) is 0 Å². The Morgan fingerprint density at radius 3 is 2.25 bits per heavy atom. The van der Waals surface area contributed by atoms with E-state index in [1.807, 2.05) is 0 Å². The standard InChI is InChI=1S/C6H15NO4S/c1-3-6(12(9,10)11)7-4-5(2)8/h5-8H,3-4H2,1-2H3,(H,9,10,11)/t5-,6?/m1/s1. The maximum atomic E-state index is 10.6. The summed E-state index contributed by atoms with van der Waals surface area (Å²) in [6.07, 6.45) is -0.355. The zero-order valence-corrected chi connectivity index (χ0v) is 8.00. The van der Waals surface area contributed by atoms with Gasteiger partial charge in [0.05, 0.1) is 6.10 Å². The fraction of sp³-hybridized carbons (Fsp3) is 1.00. The first-order valence-corrected chi connectivity index (χ1v) is 5.26. The second-order valence-corrected chi connectivity index (χ2v) is 4.27. The molecule has 0 spiro atoms. The molecule has 0 saturated heterocycles. The maximum Gasteiger partial charge on any atom is 0.281 e. The van der Waals surface area contributed by atoms with Gasteiger partial charge in [0.1, 0.15) is 5.37 Å². The topological polar surface area (TPSA) is 86.6 Å². The highest BCUT2D eigenvalue weighted by atomic mass is 32.2. The Kier molecular flexibility index (Phi) is 4.69. The monoisotopic (exact) mass is 197 g/mol. The van der Waals surface area contributed by atoms with E-state index in [2.05, 4.69) is 5.32 Å². The zero-order valence-electron chi connectivity index (χ0n) is 7.19. The molecule has 0 rings (SSSR count). The lowest BCUT2D eigenvalue weighted by atomic mass is 10.4. The third-order valence-electron chi connectivity index (χ3n) is 1.37. The van der Waals surface area contributed by atoms with Gasteiger partial charge in [-0.1, -0.05) is 6.92 Å². The van der Waals surface area contributed by atoms with Gasteiger partial charge in [-0.2, -0.15) is 8.42 Å². The fourth-order valence-corrected chi connectivity index (χ4v) is 1.49. The van der Waals surface area contributed by atoms with Crippen molar-refractivity contribution in [3.63, 3.8) is 0 Å². The summed E-state index contributed by atoms with van der Waals surface area (Å²) in [4.78, 5) is 0. The molecule has 0 saturated carbocycles. The average Bonchev–Trinajstić information content (AvgIpc) is 1.85. The Morgan fingerprint density at radius 2 is 2.00 bits per heavy atom. The predicted octanol–water partition coefficient (Wildman–Crippen LogP) is -0.419. The first-order chi connectivity index (χ1) is 5.38. The molecule has 0 aliphatic carbocycles. The van der Waals surface area contributed by atoms with Crippen LogP contribution in [0.2, 0.25) is 0 Å². The van der Waals surface area contributed by atoms with Gasteiger partial charge >= 0.3 is 0 Å². The van der Waals surface area contributed by atoms with Crippen molar-refractivity contribution in [2.75, 3.05) is 6.54 Å². The maximum absolute atomic E-state index is 10.6. The summed E-state index contributed by atoms with van der Waals surface area (Å²) in [5.41, 5.74) is 0. The van der Waals surface area contributed by atoms with Crippen LogP contribution in [-0.4, -0.2) is 36.1 Å². The molecule has 12 heavy (non-hydrogen) atoms. The summed E-state index contributed by atoms with van der Waals surface area (Å²) in [6.45, 7) is 3.31. The molecule has 0 aliphatic rings. The smallest absolute Gasteiger partial charge is 0.281 e. The molecule has 3 N–H and O–H groups in total. The van der Waals surface area contributed by atoms with Crippen LogP contribution in [-0.2, 0) is 10.1 Å². The van der Waals surface area contributed by atoms with E-state index < -0.39 is 21.6 Å². The van der Waals surface area contributed by atoms with E-state index in [-0.39, 0.29) is 13.0 Å². The van der Waals surface area contributed by atoms with Crippen LogP contribution in [0.1, 0.15) is 20.3 Å². The molecule has 0 aromatic carbocycles. The third kappa shape index (κ3) is 4.66. The van der Waals surface area contributed by atoms with Crippen LogP contribution >= 0.6 is 0 Å². The highest BCUT2D eigenvalue weighted by Gasteiger charge is 2.19. The molecule has 5 nitrogen and oxygen atoms in total. The second kappa shape index (κ2) is 4.76. The number of hydrogen-bond acceptors (Lipinski definition) is 4. The van der Waals surface area contributed by atoms with Crippen LogP contribution < -0.4 is 5.32 Å². The van der Waals surface area contributed by atoms with E-state index in [1.165, 1.54) is 6.92 Å². The molecular formula is C6H15NO4S. The first-order valence-electron chi connectivity index (χ1n) is 3.75. The van der Waals surface area contributed by atoms with Crippen molar-refractivity contribution in [2.45, 2.75) is 31.7 Å². The minimum atomic E-state index is -4.03. The van der Waals surface area contributed by atoms with Crippen molar-refractivity contribution < 1.29 is 18.1 Å². The van der Waals surface area contributed by atoms with Crippen LogP contribution in [0.5, 0.6) is 0 Å². The van der Waals surface area contributed by atoms with Gasteiger partial charge in [0.15, 0.2) is 0 Å². The predicted molar refractivity (Wildman–Crippen MR) is 45.3 cm³/mol. The van der Waals surface area contributed by atoms with Crippen molar-refractivity contribution >= 4 is 10.1 Å². The minimum absolute atomic E-state index is 0.151. The average molecular weight is 197 g/mol. The number of nitrogens with one attached hydrogen (secondary N) is 1. The van der Waals surface area contributed by atoms with E-state index in [4.69, 9.17) is 9.66 Å². The first kappa shape index (κ1) is 11.8. The van der Waals surface area contributed by atoms with E-state index in [1.54, 1.807) is 6.92 Å². The van der Waals surface area contributed by atoms with Crippen molar-refractivity contribution in [3.05, 3.63) is 0 Å². The van der Waals surface area contributed by atoms with Gasteiger partial charge in [-0.25, -0.2) is 0 Å². The van der Waals surface area contributed by atoms with Crippen LogP contribution in [0.3, 0.4) is 0 Å². The molecule has 74 valence electrons.